The minimum atomic E-state index is -4.61. The van der Waals surface area contributed by atoms with E-state index in [0.717, 1.165) is 41.7 Å². The Morgan fingerprint density at radius 2 is 1.82 bits per heavy atom. The molecule has 2 aromatic carbocycles. The fourth-order valence-corrected chi connectivity index (χ4v) is 6.20. The van der Waals surface area contributed by atoms with E-state index in [-0.39, 0.29) is 17.5 Å². The van der Waals surface area contributed by atoms with Crippen molar-refractivity contribution in [3.8, 4) is 0 Å². The monoisotopic (exact) mass is 623 g/mol. The highest BCUT2D eigenvalue weighted by molar-refractivity contribution is 7.18. The maximum Gasteiger partial charge on any atom is 0.416 e. The van der Waals surface area contributed by atoms with Crippen LogP contribution in [0.25, 0.3) is 10.2 Å². The summed E-state index contributed by atoms with van der Waals surface area (Å²) in [6.45, 7) is 2.97. The number of fused-ring (bicyclic) bond motifs is 1. The van der Waals surface area contributed by atoms with Gasteiger partial charge in [-0.2, -0.15) is 13.2 Å². The van der Waals surface area contributed by atoms with E-state index >= 15 is 0 Å². The number of hydrogen-bond donors (Lipinski definition) is 3. The molecule has 2 fully saturated rings. The van der Waals surface area contributed by atoms with Crippen molar-refractivity contribution < 1.29 is 22.8 Å². The highest BCUT2D eigenvalue weighted by Gasteiger charge is 2.33. The molecular formula is C31H32F3N7O2S. The molecule has 1 saturated carbocycles. The average molecular weight is 624 g/mol. The molecule has 3 N–H and O–H groups in total. The molecular weight excluding hydrogens is 591 g/mol. The number of anilines is 4. The zero-order chi connectivity index (χ0) is 31.2. The van der Waals surface area contributed by atoms with Crippen LogP contribution >= 0.6 is 11.3 Å². The highest BCUT2D eigenvalue weighted by atomic mass is 32.1. The maximum atomic E-state index is 13.8. The first-order valence-corrected chi connectivity index (χ1v) is 15.2. The number of carbonyl (C=O) groups excluding carboxylic acids is 2. The number of aromatic nitrogens is 2. The normalized spacial score (nSPS) is 16.9. The number of thiophene rings is 1. The number of amides is 2. The summed E-state index contributed by atoms with van der Waals surface area (Å²) in [5, 5.41) is 10.7. The Bertz CT molecular complexity index is 1740. The fraction of sp³-hybridized carbons (Fsp3) is 0.355. The molecule has 0 bridgehead atoms. The second kappa shape index (κ2) is 11.7. The predicted molar refractivity (Wildman–Crippen MR) is 167 cm³/mol. The number of aryl methyl sites for hydroxylation is 1. The zero-order valence-electron chi connectivity index (χ0n) is 24.5. The SMILES string of the molecule is Cc1ccc(NC(=O)c2cc(N3CC[C@H](N(C)C)C3)cc(C(F)(F)F)c2)cc1NC(=O)c1csc2c(NC3CC3)ncnc12. The van der Waals surface area contributed by atoms with Gasteiger partial charge >= 0.3 is 6.18 Å². The number of hydrogen-bond acceptors (Lipinski definition) is 8. The Labute approximate surface area is 256 Å². The number of nitrogens with zero attached hydrogens (tertiary/aromatic N) is 4. The van der Waals surface area contributed by atoms with E-state index in [2.05, 4.69) is 25.9 Å². The summed E-state index contributed by atoms with van der Waals surface area (Å²) >= 11 is 1.39. The Morgan fingerprint density at radius 3 is 2.52 bits per heavy atom. The molecule has 3 heterocycles. The summed E-state index contributed by atoms with van der Waals surface area (Å²) in [5.74, 6) is -0.344. The first-order chi connectivity index (χ1) is 21.0. The van der Waals surface area contributed by atoms with Crippen LogP contribution in [0.15, 0.2) is 48.1 Å². The molecule has 13 heteroatoms. The van der Waals surface area contributed by atoms with Crippen LogP contribution in [0.3, 0.4) is 0 Å². The molecule has 0 unspecified atom stereocenters. The van der Waals surface area contributed by atoms with Crippen LogP contribution in [-0.2, 0) is 6.18 Å². The quantitative estimate of drug-likeness (QED) is 0.214. The first kappa shape index (κ1) is 29.8. The topological polar surface area (TPSA) is 102 Å². The van der Waals surface area contributed by atoms with Crippen molar-refractivity contribution in [3.05, 3.63) is 70.4 Å². The summed E-state index contributed by atoms with van der Waals surface area (Å²) in [6, 6.07) is 9.02. The second-order valence-corrected chi connectivity index (χ2v) is 12.4. The number of likely N-dealkylation sites (N-methyl/N-ethyl adjacent to an activating group) is 1. The standard InChI is InChI=1S/C31H32F3N7O2S/c1-17-4-5-21(13-25(17)39-30(43)24-15-44-27-26(24)35-16-36-28(27)37-20-6-7-20)38-29(42)18-10-19(31(32,33)34)12-23(11-18)41-9-8-22(14-41)40(2)3/h4-5,10-13,15-16,20,22H,6-9,14H2,1-3H3,(H,38,42)(H,39,43)(H,35,36,37)/t22-/m0/s1. The van der Waals surface area contributed by atoms with Gasteiger partial charge in [-0.15, -0.1) is 11.3 Å². The van der Waals surface area contributed by atoms with Gasteiger partial charge in [0, 0.05) is 53.2 Å². The van der Waals surface area contributed by atoms with Gasteiger partial charge in [0.15, 0.2) is 0 Å². The molecule has 1 aliphatic carbocycles. The summed E-state index contributed by atoms with van der Waals surface area (Å²) in [6.07, 6.45) is -0.197. The third-order valence-electron chi connectivity index (χ3n) is 8.03. The summed E-state index contributed by atoms with van der Waals surface area (Å²) < 4.78 is 42.3. The molecule has 44 heavy (non-hydrogen) atoms. The second-order valence-electron chi connectivity index (χ2n) is 11.5. The Balaban J connectivity index is 1.21. The molecule has 0 radical (unpaired) electrons. The van der Waals surface area contributed by atoms with Crippen molar-refractivity contribution in [2.24, 2.45) is 0 Å². The summed E-state index contributed by atoms with van der Waals surface area (Å²) in [7, 11) is 3.88. The van der Waals surface area contributed by atoms with Gasteiger partial charge < -0.3 is 25.8 Å². The van der Waals surface area contributed by atoms with Crippen molar-refractivity contribution in [2.75, 3.05) is 48.0 Å². The van der Waals surface area contributed by atoms with E-state index < -0.39 is 17.6 Å². The van der Waals surface area contributed by atoms with Crippen LogP contribution in [0, 0.1) is 6.92 Å². The zero-order valence-corrected chi connectivity index (χ0v) is 25.3. The number of rotatable bonds is 8. The molecule has 230 valence electrons. The molecule has 2 aliphatic rings. The Kier molecular flexibility index (Phi) is 7.93. The first-order valence-electron chi connectivity index (χ1n) is 14.3. The molecule has 1 atom stereocenters. The van der Waals surface area contributed by atoms with Gasteiger partial charge in [0.1, 0.15) is 12.1 Å². The number of benzene rings is 2. The average Bonchev–Trinajstić information content (AvgIpc) is 3.46. The van der Waals surface area contributed by atoms with Crippen LogP contribution < -0.4 is 20.9 Å². The van der Waals surface area contributed by atoms with Gasteiger partial charge in [-0.05, 0) is 76.2 Å². The third-order valence-corrected chi connectivity index (χ3v) is 9.00. The largest absolute Gasteiger partial charge is 0.416 e. The number of alkyl halides is 3. The van der Waals surface area contributed by atoms with Crippen molar-refractivity contribution in [2.45, 2.75) is 44.4 Å². The number of nitrogens with one attached hydrogen (secondary N) is 3. The Morgan fingerprint density at radius 1 is 1.02 bits per heavy atom. The minimum absolute atomic E-state index is 0.102. The molecule has 9 nitrogen and oxygen atoms in total. The van der Waals surface area contributed by atoms with E-state index in [0.29, 0.717) is 53.1 Å². The highest BCUT2D eigenvalue weighted by Crippen LogP contribution is 2.36. The van der Waals surface area contributed by atoms with E-state index in [1.807, 2.05) is 30.8 Å². The van der Waals surface area contributed by atoms with Crippen molar-refractivity contribution >= 4 is 56.2 Å². The van der Waals surface area contributed by atoms with Gasteiger partial charge in [-0.25, -0.2) is 9.97 Å². The fourth-order valence-electron chi connectivity index (χ4n) is 5.25. The van der Waals surface area contributed by atoms with Crippen LogP contribution in [0.5, 0.6) is 0 Å². The smallest absolute Gasteiger partial charge is 0.370 e. The molecule has 4 aromatic rings. The molecule has 1 saturated heterocycles. The van der Waals surface area contributed by atoms with Gasteiger partial charge in [-0.1, -0.05) is 6.07 Å². The van der Waals surface area contributed by atoms with Gasteiger partial charge in [-0.3, -0.25) is 9.59 Å². The third kappa shape index (κ3) is 6.34. The van der Waals surface area contributed by atoms with E-state index in [1.165, 1.54) is 23.7 Å². The minimum Gasteiger partial charge on any atom is -0.370 e. The summed E-state index contributed by atoms with van der Waals surface area (Å²) in [4.78, 5) is 39.2. The van der Waals surface area contributed by atoms with E-state index in [4.69, 9.17) is 0 Å². The lowest BCUT2D eigenvalue weighted by molar-refractivity contribution is -0.137. The lowest BCUT2D eigenvalue weighted by Crippen LogP contribution is -2.31. The van der Waals surface area contributed by atoms with Gasteiger partial charge in [0.25, 0.3) is 11.8 Å². The maximum absolute atomic E-state index is 13.8. The van der Waals surface area contributed by atoms with Crippen LogP contribution in [0.1, 0.15) is 51.1 Å². The molecule has 0 spiro atoms. The molecule has 2 aromatic heterocycles. The molecule has 1 aliphatic heterocycles. The van der Waals surface area contributed by atoms with Gasteiger partial charge in [0.05, 0.1) is 21.3 Å². The predicted octanol–water partition coefficient (Wildman–Crippen LogP) is 6.24. The Hall–Kier alpha value is -4.23. The van der Waals surface area contributed by atoms with Crippen molar-refractivity contribution in [1.82, 2.24) is 14.9 Å². The summed E-state index contributed by atoms with van der Waals surface area (Å²) in [5.41, 5.74) is 1.84. The van der Waals surface area contributed by atoms with Crippen molar-refractivity contribution in [1.29, 1.82) is 0 Å². The lowest BCUT2D eigenvalue weighted by atomic mass is 10.1. The lowest BCUT2D eigenvalue weighted by Gasteiger charge is -2.23. The molecule has 2 amide bonds. The number of halogens is 3. The van der Waals surface area contributed by atoms with Crippen molar-refractivity contribution in [3.63, 3.8) is 0 Å². The van der Waals surface area contributed by atoms with Crippen LogP contribution in [0.2, 0.25) is 0 Å². The van der Waals surface area contributed by atoms with Gasteiger partial charge in [0.2, 0.25) is 0 Å². The van der Waals surface area contributed by atoms with Crippen LogP contribution in [-0.4, -0.2) is 66.0 Å². The van der Waals surface area contributed by atoms with E-state index in [9.17, 15) is 22.8 Å². The number of carbonyl (C=O) groups is 2. The van der Waals surface area contributed by atoms with E-state index in [1.54, 1.807) is 23.6 Å². The molecule has 6 rings (SSSR count). The van der Waals surface area contributed by atoms with Crippen LogP contribution in [0.4, 0.5) is 36.1 Å².